The number of benzene rings is 2. The van der Waals surface area contributed by atoms with Crippen LogP contribution in [0.15, 0.2) is 48.5 Å². The van der Waals surface area contributed by atoms with Gasteiger partial charge in [0.2, 0.25) is 11.8 Å². The van der Waals surface area contributed by atoms with Crippen LogP contribution in [0.3, 0.4) is 0 Å². The van der Waals surface area contributed by atoms with E-state index in [1.54, 1.807) is 12.1 Å². The summed E-state index contributed by atoms with van der Waals surface area (Å²) in [6.45, 7) is 0. The highest BCUT2D eigenvalue weighted by molar-refractivity contribution is 7.99. The van der Waals surface area contributed by atoms with E-state index in [4.69, 9.17) is 11.6 Å². The van der Waals surface area contributed by atoms with E-state index in [0.717, 1.165) is 5.56 Å². The normalized spacial score (nSPS) is 10.2. The first-order chi connectivity index (χ1) is 11.5. The standard InChI is InChI=1S/C17H16ClFN2O2S/c18-14-5-1-13(2-6-14)10-24-11-17(23)21-20-16(22)9-12-3-7-15(19)8-4-12/h1-8H,9-11H2,(H,20,22)(H,21,23). The van der Waals surface area contributed by atoms with Crippen molar-refractivity contribution in [1.29, 1.82) is 0 Å². The maximum atomic E-state index is 12.8. The molecule has 24 heavy (non-hydrogen) atoms. The number of halogens is 2. The minimum atomic E-state index is -0.363. The van der Waals surface area contributed by atoms with Gasteiger partial charge in [0.15, 0.2) is 0 Å². The first-order valence-corrected chi connectivity index (χ1v) is 8.70. The van der Waals surface area contributed by atoms with E-state index in [0.29, 0.717) is 16.3 Å². The van der Waals surface area contributed by atoms with Crippen LogP contribution in [0.5, 0.6) is 0 Å². The Morgan fingerprint density at radius 2 is 1.50 bits per heavy atom. The van der Waals surface area contributed by atoms with Crippen LogP contribution in [0, 0.1) is 5.82 Å². The zero-order valence-electron chi connectivity index (χ0n) is 12.7. The van der Waals surface area contributed by atoms with Gasteiger partial charge in [0.1, 0.15) is 5.82 Å². The second kappa shape index (κ2) is 9.30. The SMILES string of the molecule is O=C(CSCc1ccc(Cl)cc1)NNC(=O)Cc1ccc(F)cc1. The number of nitrogens with one attached hydrogen (secondary N) is 2. The molecule has 0 atom stereocenters. The molecule has 4 nitrogen and oxygen atoms in total. The number of hydrogen-bond donors (Lipinski definition) is 2. The number of carbonyl (C=O) groups excluding carboxylic acids is 2. The van der Waals surface area contributed by atoms with Crippen molar-refractivity contribution in [2.45, 2.75) is 12.2 Å². The zero-order chi connectivity index (χ0) is 17.4. The third-order valence-corrected chi connectivity index (χ3v) is 4.29. The largest absolute Gasteiger partial charge is 0.273 e. The quantitative estimate of drug-likeness (QED) is 0.772. The Bertz CT molecular complexity index is 693. The Balaban J connectivity index is 1.64. The highest BCUT2D eigenvalue weighted by atomic mass is 35.5. The Morgan fingerprint density at radius 1 is 0.917 bits per heavy atom. The molecule has 0 aliphatic carbocycles. The summed E-state index contributed by atoms with van der Waals surface area (Å²) in [6, 6.07) is 13.0. The number of amides is 2. The molecule has 0 aliphatic rings. The fourth-order valence-electron chi connectivity index (χ4n) is 1.85. The minimum Gasteiger partial charge on any atom is -0.273 e. The molecule has 0 bridgehead atoms. The van der Waals surface area contributed by atoms with Gasteiger partial charge in [-0.1, -0.05) is 35.9 Å². The van der Waals surface area contributed by atoms with E-state index in [1.807, 2.05) is 12.1 Å². The average Bonchev–Trinajstić information content (AvgIpc) is 2.57. The molecule has 2 amide bonds. The van der Waals surface area contributed by atoms with Crippen molar-refractivity contribution >= 4 is 35.2 Å². The second-order valence-corrected chi connectivity index (χ2v) is 6.44. The number of rotatable bonds is 6. The number of hydrazine groups is 1. The third kappa shape index (κ3) is 6.60. The molecule has 0 radical (unpaired) electrons. The summed E-state index contributed by atoms with van der Waals surface area (Å²) in [5.41, 5.74) is 6.43. The first-order valence-electron chi connectivity index (χ1n) is 7.17. The van der Waals surface area contributed by atoms with Crippen molar-refractivity contribution in [2.24, 2.45) is 0 Å². The molecule has 2 N–H and O–H groups in total. The topological polar surface area (TPSA) is 58.2 Å². The smallest absolute Gasteiger partial charge is 0.248 e. The molecule has 0 saturated heterocycles. The fourth-order valence-corrected chi connectivity index (χ4v) is 2.76. The molecular formula is C17H16ClFN2O2S. The van der Waals surface area contributed by atoms with Crippen LogP contribution in [-0.4, -0.2) is 17.6 Å². The molecule has 2 aromatic carbocycles. The van der Waals surface area contributed by atoms with Crippen LogP contribution >= 0.6 is 23.4 Å². The molecule has 0 aliphatic heterocycles. The van der Waals surface area contributed by atoms with Gasteiger partial charge in [0.05, 0.1) is 12.2 Å². The molecule has 0 saturated carbocycles. The summed E-state index contributed by atoms with van der Waals surface area (Å²) in [6.07, 6.45) is 0.0679. The van der Waals surface area contributed by atoms with Gasteiger partial charge in [0, 0.05) is 10.8 Å². The van der Waals surface area contributed by atoms with Gasteiger partial charge in [-0.15, -0.1) is 11.8 Å². The van der Waals surface area contributed by atoms with Gasteiger partial charge >= 0.3 is 0 Å². The predicted octanol–water partition coefficient (Wildman–Crippen LogP) is 3.10. The molecule has 0 spiro atoms. The van der Waals surface area contributed by atoms with E-state index in [9.17, 15) is 14.0 Å². The van der Waals surface area contributed by atoms with Gasteiger partial charge < -0.3 is 0 Å². The zero-order valence-corrected chi connectivity index (χ0v) is 14.3. The van der Waals surface area contributed by atoms with Crippen molar-refractivity contribution in [2.75, 3.05) is 5.75 Å². The van der Waals surface area contributed by atoms with E-state index in [-0.39, 0.29) is 29.8 Å². The van der Waals surface area contributed by atoms with Gasteiger partial charge in [0.25, 0.3) is 0 Å². The molecule has 0 unspecified atom stereocenters. The van der Waals surface area contributed by atoms with Gasteiger partial charge in [-0.25, -0.2) is 4.39 Å². The first kappa shape index (κ1) is 18.3. The fraction of sp³-hybridized carbons (Fsp3) is 0.176. The summed E-state index contributed by atoms with van der Waals surface area (Å²) in [4.78, 5) is 23.4. The van der Waals surface area contributed by atoms with Gasteiger partial charge in [-0.05, 0) is 35.4 Å². The summed E-state index contributed by atoms with van der Waals surface area (Å²) in [7, 11) is 0. The maximum Gasteiger partial charge on any atom is 0.248 e. The average molecular weight is 367 g/mol. The molecule has 7 heteroatoms. The number of thioether (sulfide) groups is 1. The summed E-state index contributed by atoms with van der Waals surface area (Å²) in [5.74, 6) is -0.114. The van der Waals surface area contributed by atoms with E-state index >= 15 is 0 Å². The van der Waals surface area contributed by atoms with Gasteiger partial charge in [-0.2, -0.15) is 0 Å². The van der Waals surface area contributed by atoms with Crippen molar-refractivity contribution in [3.63, 3.8) is 0 Å². The molecule has 0 fully saturated rings. The Kier molecular flexibility index (Phi) is 7.08. The van der Waals surface area contributed by atoms with Crippen LogP contribution in [0.25, 0.3) is 0 Å². The van der Waals surface area contributed by atoms with Crippen LogP contribution in [-0.2, 0) is 21.8 Å². The molecule has 0 aromatic heterocycles. The van der Waals surface area contributed by atoms with Gasteiger partial charge in [-0.3, -0.25) is 20.4 Å². The molecule has 126 valence electrons. The third-order valence-electron chi connectivity index (χ3n) is 3.03. The lowest BCUT2D eigenvalue weighted by Crippen LogP contribution is -2.43. The Labute approximate surface area is 148 Å². The molecule has 2 aromatic rings. The van der Waals surface area contributed by atoms with Crippen molar-refractivity contribution in [3.05, 3.63) is 70.5 Å². The van der Waals surface area contributed by atoms with Crippen LogP contribution in [0.2, 0.25) is 5.02 Å². The van der Waals surface area contributed by atoms with E-state index < -0.39 is 0 Å². The summed E-state index contributed by atoms with van der Waals surface area (Å²) in [5, 5.41) is 0.672. The Hall–Kier alpha value is -2.05. The number of hydrogen-bond acceptors (Lipinski definition) is 3. The van der Waals surface area contributed by atoms with Crippen LogP contribution in [0.4, 0.5) is 4.39 Å². The predicted molar refractivity (Wildman–Crippen MR) is 94.0 cm³/mol. The molecule has 0 heterocycles. The van der Waals surface area contributed by atoms with Crippen LogP contribution in [0.1, 0.15) is 11.1 Å². The lowest BCUT2D eigenvalue weighted by Gasteiger charge is -2.07. The minimum absolute atomic E-state index is 0.0679. The van der Waals surface area contributed by atoms with Crippen LogP contribution < -0.4 is 10.9 Å². The highest BCUT2D eigenvalue weighted by Gasteiger charge is 2.06. The Morgan fingerprint density at radius 3 is 2.17 bits per heavy atom. The van der Waals surface area contributed by atoms with E-state index in [1.165, 1.54) is 36.0 Å². The van der Waals surface area contributed by atoms with Crippen molar-refractivity contribution < 1.29 is 14.0 Å². The molecular weight excluding hydrogens is 351 g/mol. The second-order valence-electron chi connectivity index (χ2n) is 5.02. The number of carbonyl (C=O) groups is 2. The summed E-state index contributed by atoms with van der Waals surface area (Å²) >= 11 is 7.23. The van der Waals surface area contributed by atoms with Crippen molar-refractivity contribution in [3.8, 4) is 0 Å². The summed E-state index contributed by atoms with van der Waals surface area (Å²) < 4.78 is 12.8. The lowest BCUT2D eigenvalue weighted by atomic mass is 10.1. The maximum absolute atomic E-state index is 12.8. The van der Waals surface area contributed by atoms with E-state index in [2.05, 4.69) is 10.9 Å². The van der Waals surface area contributed by atoms with Crippen molar-refractivity contribution in [1.82, 2.24) is 10.9 Å². The highest BCUT2D eigenvalue weighted by Crippen LogP contribution is 2.15. The molecule has 2 rings (SSSR count). The lowest BCUT2D eigenvalue weighted by molar-refractivity contribution is -0.127. The monoisotopic (exact) mass is 366 g/mol.